The molecular formula is C15H21N3O3. The zero-order valence-corrected chi connectivity index (χ0v) is 11.9. The summed E-state index contributed by atoms with van der Waals surface area (Å²) in [5.74, 6) is -0.523. The molecule has 2 amide bonds. The third-order valence-corrected chi connectivity index (χ3v) is 3.95. The molecule has 1 aliphatic carbocycles. The van der Waals surface area contributed by atoms with E-state index in [4.69, 9.17) is 5.11 Å². The number of amides is 2. The van der Waals surface area contributed by atoms with Gasteiger partial charge < -0.3 is 15.7 Å². The molecule has 1 aliphatic rings. The fourth-order valence-electron chi connectivity index (χ4n) is 2.60. The smallest absolute Gasteiger partial charge is 0.315 e. The van der Waals surface area contributed by atoms with Gasteiger partial charge in [-0.1, -0.05) is 0 Å². The number of nitrogens with one attached hydrogen (secondary N) is 2. The second-order valence-electron chi connectivity index (χ2n) is 5.47. The minimum atomic E-state index is -0.698. The molecule has 0 aromatic carbocycles. The first-order chi connectivity index (χ1) is 10.1. The van der Waals surface area contributed by atoms with E-state index in [1.54, 1.807) is 12.4 Å². The molecule has 1 aromatic heterocycles. The molecule has 1 saturated carbocycles. The molecule has 6 heteroatoms. The number of hydrogen-bond donors (Lipinski definition) is 3. The van der Waals surface area contributed by atoms with Crippen LogP contribution in [0.25, 0.3) is 0 Å². The van der Waals surface area contributed by atoms with E-state index < -0.39 is 5.97 Å². The van der Waals surface area contributed by atoms with Crippen molar-refractivity contribution in [1.82, 2.24) is 15.6 Å². The largest absolute Gasteiger partial charge is 0.481 e. The van der Waals surface area contributed by atoms with Crippen LogP contribution in [0.5, 0.6) is 0 Å². The van der Waals surface area contributed by atoms with Gasteiger partial charge in [-0.3, -0.25) is 9.78 Å². The van der Waals surface area contributed by atoms with Crippen LogP contribution < -0.4 is 10.6 Å². The Morgan fingerprint density at radius 3 is 2.43 bits per heavy atom. The summed E-state index contributed by atoms with van der Waals surface area (Å²) in [6.07, 6.45) is 6.52. The Balaban J connectivity index is 1.62. The molecular weight excluding hydrogens is 270 g/mol. The summed E-state index contributed by atoms with van der Waals surface area (Å²) >= 11 is 0. The maximum absolute atomic E-state index is 11.7. The number of carboxylic acid groups (broad SMARTS) is 1. The second kappa shape index (κ2) is 7.61. The van der Waals surface area contributed by atoms with Crippen molar-refractivity contribution in [2.75, 3.05) is 6.54 Å². The van der Waals surface area contributed by atoms with Gasteiger partial charge in [0.15, 0.2) is 0 Å². The molecule has 1 aromatic rings. The number of aliphatic carboxylic acids is 1. The molecule has 1 heterocycles. The summed E-state index contributed by atoms with van der Waals surface area (Å²) < 4.78 is 0. The quantitative estimate of drug-likeness (QED) is 0.771. The molecule has 0 atom stereocenters. The third kappa shape index (κ3) is 5.06. The normalized spacial score (nSPS) is 21.5. The lowest BCUT2D eigenvalue weighted by atomic mass is 9.82. The van der Waals surface area contributed by atoms with Gasteiger partial charge in [0.1, 0.15) is 0 Å². The van der Waals surface area contributed by atoms with Gasteiger partial charge in [-0.05, 0) is 49.3 Å². The van der Waals surface area contributed by atoms with Crippen molar-refractivity contribution in [3.63, 3.8) is 0 Å². The fourth-order valence-corrected chi connectivity index (χ4v) is 2.60. The summed E-state index contributed by atoms with van der Waals surface area (Å²) in [6, 6.07) is 3.52. The zero-order valence-electron chi connectivity index (χ0n) is 11.9. The van der Waals surface area contributed by atoms with Crippen LogP contribution in [0, 0.1) is 11.8 Å². The van der Waals surface area contributed by atoms with Crippen LogP contribution in [0.1, 0.15) is 31.2 Å². The van der Waals surface area contributed by atoms with Gasteiger partial charge in [0.2, 0.25) is 0 Å². The highest BCUT2D eigenvalue weighted by Crippen LogP contribution is 2.28. The van der Waals surface area contributed by atoms with Crippen LogP contribution >= 0.6 is 0 Å². The highest BCUT2D eigenvalue weighted by Gasteiger charge is 2.25. The maximum Gasteiger partial charge on any atom is 0.315 e. The molecule has 0 spiro atoms. The summed E-state index contributed by atoms with van der Waals surface area (Å²) in [5, 5.41) is 14.6. The van der Waals surface area contributed by atoms with Gasteiger partial charge in [-0.2, -0.15) is 0 Å². The Hall–Kier alpha value is -2.11. The first-order valence-electron chi connectivity index (χ1n) is 7.28. The van der Waals surface area contributed by atoms with Crippen molar-refractivity contribution in [2.24, 2.45) is 11.8 Å². The number of aromatic nitrogens is 1. The Morgan fingerprint density at radius 1 is 1.14 bits per heavy atom. The molecule has 21 heavy (non-hydrogen) atoms. The number of pyridine rings is 1. The predicted octanol–water partition coefficient (Wildman–Crippen LogP) is 1.77. The SMILES string of the molecule is O=C(NCc1ccncc1)NCC1CCC(C(=O)O)CC1. The lowest BCUT2D eigenvalue weighted by molar-refractivity contribution is -0.143. The lowest BCUT2D eigenvalue weighted by Gasteiger charge is -2.26. The van der Waals surface area contributed by atoms with Gasteiger partial charge in [0, 0.05) is 25.5 Å². The van der Waals surface area contributed by atoms with E-state index in [0.717, 1.165) is 18.4 Å². The number of carbonyl (C=O) groups excluding carboxylic acids is 1. The Labute approximate surface area is 124 Å². The summed E-state index contributed by atoms with van der Waals surface area (Å²) in [4.78, 5) is 26.5. The molecule has 3 N–H and O–H groups in total. The average Bonchev–Trinajstić information content (AvgIpc) is 2.52. The Kier molecular flexibility index (Phi) is 5.54. The van der Waals surface area contributed by atoms with Crippen molar-refractivity contribution >= 4 is 12.0 Å². The summed E-state index contributed by atoms with van der Waals surface area (Å²) in [6.45, 7) is 1.08. The van der Waals surface area contributed by atoms with E-state index in [0.29, 0.717) is 31.8 Å². The van der Waals surface area contributed by atoms with Gasteiger partial charge in [0.05, 0.1) is 5.92 Å². The number of urea groups is 1. The lowest BCUT2D eigenvalue weighted by Crippen LogP contribution is -2.38. The van der Waals surface area contributed by atoms with Crippen LogP contribution in [-0.2, 0) is 11.3 Å². The van der Waals surface area contributed by atoms with Crippen LogP contribution in [0.4, 0.5) is 4.79 Å². The van der Waals surface area contributed by atoms with Crippen molar-refractivity contribution in [1.29, 1.82) is 0 Å². The Morgan fingerprint density at radius 2 is 1.81 bits per heavy atom. The van der Waals surface area contributed by atoms with E-state index in [9.17, 15) is 9.59 Å². The highest BCUT2D eigenvalue weighted by atomic mass is 16.4. The molecule has 114 valence electrons. The summed E-state index contributed by atoms with van der Waals surface area (Å²) in [5.41, 5.74) is 1.00. The molecule has 6 nitrogen and oxygen atoms in total. The topological polar surface area (TPSA) is 91.3 Å². The summed E-state index contributed by atoms with van der Waals surface area (Å²) in [7, 11) is 0. The number of nitrogens with zero attached hydrogens (tertiary/aromatic N) is 1. The van der Waals surface area contributed by atoms with Gasteiger partial charge in [-0.15, -0.1) is 0 Å². The van der Waals surface area contributed by atoms with Crippen molar-refractivity contribution in [3.05, 3.63) is 30.1 Å². The van der Waals surface area contributed by atoms with Crippen molar-refractivity contribution in [2.45, 2.75) is 32.2 Å². The molecule has 0 aliphatic heterocycles. The van der Waals surface area contributed by atoms with Crippen LogP contribution in [0.15, 0.2) is 24.5 Å². The van der Waals surface area contributed by atoms with Crippen LogP contribution in [0.2, 0.25) is 0 Å². The highest BCUT2D eigenvalue weighted by molar-refractivity contribution is 5.73. The van der Waals surface area contributed by atoms with E-state index in [1.807, 2.05) is 12.1 Å². The molecule has 0 bridgehead atoms. The van der Waals surface area contributed by atoms with Crippen LogP contribution in [-0.4, -0.2) is 28.6 Å². The van der Waals surface area contributed by atoms with Crippen molar-refractivity contribution in [3.8, 4) is 0 Å². The van der Waals surface area contributed by atoms with Gasteiger partial charge in [-0.25, -0.2) is 4.79 Å². The minimum Gasteiger partial charge on any atom is -0.481 e. The average molecular weight is 291 g/mol. The molecule has 2 rings (SSSR count). The first-order valence-corrected chi connectivity index (χ1v) is 7.28. The van der Waals surface area contributed by atoms with Crippen LogP contribution in [0.3, 0.4) is 0 Å². The van der Waals surface area contributed by atoms with Gasteiger partial charge >= 0.3 is 12.0 Å². The number of hydrogen-bond acceptors (Lipinski definition) is 3. The zero-order chi connectivity index (χ0) is 15.1. The van der Waals surface area contributed by atoms with E-state index in [2.05, 4.69) is 15.6 Å². The second-order valence-corrected chi connectivity index (χ2v) is 5.47. The van der Waals surface area contributed by atoms with E-state index >= 15 is 0 Å². The monoisotopic (exact) mass is 291 g/mol. The van der Waals surface area contributed by atoms with E-state index in [1.165, 1.54) is 0 Å². The molecule has 1 fully saturated rings. The third-order valence-electron chi connectivity index (χ3n) is 3.95. The van der Waals surface area contributed by atoms with Crippen molar-refractivity contribution < 1.29 is 14.7 Å². The standard InChI is InChI=1S/C15H21N3O3/c19-14(20)13-3-1-11(2-4-13)9-17-15(21)18-10-12-5-7-16-8-6-12/h5-8,11,13H,1-4,9-10H2,(H,19,20)(H2,17,18,21). The minimum absolute atomic E-state index is 0.188. The maximum atomic E-state index is 11.7. The first kappa shape index (κ1) is 15.3. The Bertz CT molecular complexity index is 470. The fraction of sp³-hybridized carbons (Fsp3) is 0.533. The van der Waals surface area contributed by atoms with E-state index in [-0.39, 0.29) is 11.9 Å². The number of carbonyl (C=O) groups is 2. The molecule has 0 saturated heterocycles. The number of rotatable bonds is 5. The predicted molar refractivity (Wildman–Crippen MR) is 77.6 cm³/mol. The van der Waals surface area contributed by atoms with Gasteiger partial charge in [0.25, 0.3) is 0 Å². The number of carboxylic acids is 1. The molecule has 0 radical (unpaired) electrons. The molecule has 0 unspecified atom stereocenters.